The molecule has 3 nitrogen and oxygen atoms in total. The van der Waals surface area contributed by atoms with Gasteiger partial charge in [-0.25, -0.2) is 0 Å². The Bertz CT molecular complexity index is 3200. The number of hydrogen-bond acceptors (Lipinski definition) is 3. The van der Waals surface area contributed by atoms with Crippen LogP contribution in [0.15, 0.2) is 209 Å². The van der Waals surface area contributed by atoms with E-state index in [1.165, 1.54) is 16.3 Å². The average molecular weight is 704 g/mol. The van der Waals surface area contributed by atoms with Crippen LogP contribution >= 0.6 is 0 Å². The average Bonchev–Trinajstić information content (AvgIpc) is 3.83. The summed E-state index contributed by atoms with van der Waals surface area (Å²) in [4.78, 5) is 2.41. The quantitative estimate of drug-likeness (QED) is 0.173. The van der Waals surface area contributed by atoms with E-state index >= 15 is 0 Å². The van der Waals surface area contributed by atoms with Gasteiger partial charge in [-0.3, -0.25) is 0 Å². The lowest BCUT2D eigenvalue weighted by Crippen LogP contribution is -2.12. The van der Waals surface area contributed by atoms with Crippen molar-refractivity contribution in [3.63, 3.8) is 0 Å². The van der Waals surface area contributed by atoms with Crippen molar-refractivity contribution in [1.29, 1.82) is 0 Å². The van der Waals surface area contributed by atoms with Crippen LogP contribution in [0.1, 0.15) is 0 Å². The summed E-state index contributed by atoms with van der Waals surface area (Å²) in [6.45, 7) is 0. The van der Waals surface area contributed by atoms with Gasteiger partial charge in [0, 0.05) is 33.0 Å². The molecule has 0 saturated carbocycles. The Labute approximate surface area is 317 Å². The largest absolute Gasteiger partial charge is 0.456 e. The smallest absolute Gasteiger partial charge is 0.143 e. The summed E-state index contributed by atoms with van der Waals surface area (Å²) < 4.78 is 12.9. The SMILES string of the molecule is c1ccc(-c2ccc(-c3cccc4ccccc34)cc2N(c2ccc(-c3cccc4c3oc3ccccc34)cc2)c2cccc3oc4ccccc4c23)cc1. The minimum atomic E-state index is 0.850. The van der Waals surface area contributed by atoms with Gasteiger partial charge < -0.3 is 13.7 Å². The molecule has 0 aliphatic carbocycles. The van der Waals surface area contributed by atoms with E-state index in [1.807, 2.05) is 24.3 Å². The van der Waals surface area contributed by atoms with Gasteiger partial charge in [-0.2, -0.15) is 0 Å². The molecular weight excluding hydrogens is 671 g/mol. The van der Waals surface area contributed by atoms with Crippen molar-refractivity contribution in [2.45, 2.75) is 0 Å². The molecule has 0 fully saturated rings. The summed E-state index contributed by atoms with van der Waals surface area (Å²) >= 11 is 0. The normalized spacial score (nSPS) is 11.6. The van der Waals surface area contributed by atoms with Crippen molar-refractivity contribution < 1.29 is 8.83 Å². The van der Waals surface area contributed by atoms with Crippen molar-refractivity contribution in [1.82, 2.24) is 0 Å². The summed E-state index contributed by atoms with van der Waals surface area (Å²) in [7, 11) is 0. The molecule has 0 unspecified atom stereocenters. The lowest BCUT2D eigenvalue weighted by molar-refractivity contribution is 0.669. The van der Waals surface area contributed by atoms with Crippen LogP contribution in [0.2, 0.25) is 0 Å². The molecule has 0 bridgehead atoms. The van der Waals surface area contributed by atoms with Crippen molar-refractivity contribution >= 4 is 71.7 Å². The zero-order valence-electron chi connectivity index (χ0n) is 29.8. The Hall–Kier alpha value is -7.36. The Kier molecular flexibility index (Phi) is 7.17. The summed E-state index contributed by atoms with van der Waals surface area (Å²) in [6.07, 6.45) is 0. The van der Waals surface area contributed by atoms with Crippen molar-refractivity contribution in [2.75, 3.05) is 4.90 Å². The van der Waals surface area contributed by atoms with Crippen LogP contribution in [0.5, 0.6) is 0 Å². The lowest BCUT2D eigenvalue weighted by Gasteiger charge is -2.29. The van der Waals surface area contributed by atoms with Crippen LogP contribution in [-0.4, -0.2) is 0 Å². The molecule has 0 atom stereocenters. The standard InChI is InChI=1S/C52H33NO2/c1-2-13-35(14-3-1)41-32-29-37(40-20-10-16-34-15-4-5-17-39(34)40)33-47(41)53(46-23-12-26-50-51(46)45-19-7-9-25-49(45)54-50)38-30-27-36(28-31-38)42-21-11-22-44-43-18-6-8-24-48(43)55-52(42)44/h1-33H. The number of benzene rings is 9. The number of rotatable bonds is 6. The molecule has 0 aliphatic heterocycles. The highest BCUT2D eigenvalue weighted by atomic mass is 16.3. The van der Waals surface area contributed by atoms with Crippen LogP contribution in [0, 0.1) is 0 Å². The fourth-order valence-corrected chi connectivity index (χ4v) is 8.34. The van der Waals surface area contributed by atoms with E-state index in [9.17, 15) is 0 Å². The van der Waals surface area contributed by atoms with Gasteiger partial charge in [0.2, 0.25) is 0 Å². The molecule has 11 aromatic rings. The molecule has 55 heavy (non-hydrogen) atoms. The van der Waals surface area contributed by atoms with Gasteiger partial charge in [-0.1, -0.05) is 158 Å². The third kappa shape index (κ3) is 5.13. The molecule has 0 spiro atoms. The maximum atomic E-state index is 6.48. The van der Waals surface area contributed by atoms with Crippen LogP contribution in [-0.2, 0) is 0 Å². The Balaban J connectivity index is 1.17. The molecule has 9 aromatic carbocycles. The topological polar surface area (TPSA) is 29.5 Å². The number of para-hydroxylation sites is 3. The minimum Gasteiger partial charge on any atom is -0.456 e. The van der Waals surface area contributed by atoms with Crippen molar-refractivity contribution in [2.24, 2.45) is 0 Å². The monoisotopic (exact) mass is 703 g/mol. The molecule has 0 saturated heterocycles. The highest BCUT2D eigenvalue weighted by molar-refractivity contribution is 6.14. The van der Waals surface area contributed by atoms with Gasteiger partial charge in [0.1, 0.15) is 22.3 Å². The zero-order chi connectivity index (χ0) is 36.3. The first kappa shape index (κ1) is 31.2. The predicted octanol–water partition coefficient (Wildman–Crippen LogP) is 15.1. The minimum absolute atomic E-state index is 0.850. The lowest BCUT2D eigenvalue weighted by atomic mass is 9.93. The number of hydrogen-bond donors (Lipinski definition) is 0. The summed E-state index contributed by atoms with van der Waals surface area (Å²) in [5.41, 5.74) is 13.4. The van der Waals surface area contributed by atoms with Gasteiger partial charge in [0.25, 0.3) is 0 Å². The Morgan fingerprint density at radius 1 is 0.327 bits per heavy atom. The first-order valence-corrected chi connectivity index (χ1v) is 18.7. The number of furan rings is 2. The molecule has 0 aliphatic rings. The summed E-state index contributed by atoms with van der Waals surface area (Å²) in [5.74, 6) is 0. The van der Waals surface area contributed by atoms with Gasteiger partial charge >= 0.3 is 0 Å². The van der Waals surface area contributed by atoms with Crippen LogP contribution in [0.4, 0.5) is 17.1 Å². The molecule has 2 heterocycles. The third-order valence-corrected chi connectivity index (χ3v) is 10.9. The third-order valence-electron chi connectivity index (χ3n) is 10.9. The van der Waals surface area contributed by atoms with Gasteiger partial charge in [-0.05, 0) is 75.5 Å². The highest BCUT2D eigenvalue weighted by Crippen LogP contribution is 2.48. The maximum Gasteiger partial charge on any atom is 0.143 e. The van der Waals surface area contributed by atoms with E-state index in [0.29, 0.717) is 0 Å². The van der Waals surface area contributed by atoms with Gasteiger partial charge in [0.05, 0.1) is 16.8 Å². The van der Waals surface area contributed by atoms with E-state index in [4.69, 9.17) is 8.83 Å². The Morgan fingerprint density at radius 2 is 0.927 bits per heavy atom. The van der Waals surface area contributed by atoms with Crippen molar-refractivity contribution in [3.05, 3.63) is 200 Å². The molecule has 0 radical (unpaired) electrons. The number of anilines is 3. The second-order valence-electron chi connectivity index (χ2n) is 14.0. The van der Waals surface area contributed by atoms with E-state index in [1.54, 1.807) is 0 Å². The summed E-state index contributed by atoms with van der Waals surface area (Å²) in [5, 5.41) is 6.84. The van der Waals surface area contributed by atoms with Gasteiger partial charge in [-0.15, -0.1) is 0 Å². The fraction of sp³-hybridized carbons (Fsp3) is 0. The second-order valence-corrected chi connectivity index (χ2v) is 14.0. The molecule has 11 rings (SSSR count). The van der Waals surface area contributed by atoms with E-state index in [-0.39, 0.29) is 0 Å². The van der Waals surface area contributed by atoms with Crippen LogP contribution in [0.3, 0.4) is 0 Å². The number of fused-ring (bicyclic) bond motifs is 7. The van der Waals surface area contributed by atoms with E-state index in [2.05, 4.69) is 181 Å². The van der Waals surface area contributed by atoms with Crippen molar-refractivity contribution in [3.8, 4) is 33.4 Å². The first-order valence-electron chi connectivity index (χ1n) is 18.7. The Morgan fingerprint density at radius 3 is 1.78 bits per heavy atom. The maximum absolute atomic E-state index is 6.48. The molecular formula is C52H33NO2. The first-order chi connectivity index (χ1) is 27.3. The molecule has 258 valence electrons. The van der Waals surface area contributed by atoms with Crippen LogP contribution in [0.25, 0.3) is 88.0 Å². The van der Waals surface area contributed by atoms with Crippen LogP contribution < -0.4 is 4.90 Å². The second kappa shape index (κ2) is 12.6. The summed E-state index contributed by atoms with van der Waals surface area (Å²) in [6, 6.07) is 71.0. The zero-order valence-corrected chi connectivity index (χ0v) is 29.8. The molecule has 3 heteroatoms. The van der Waals surface area contributed by atoms with Gasteiger partial charge in [0.15, 0.2) is 0 Å². The molecule has 2 aromatic heterocycles. The highest BCUT2D eigenvalue weighted by Gasteiger charge is 2.23. The van der Waals surface area contributed by atoms with E-state index < -0.39 is 0 Å². The van der Waals surface area contributed by atoms with E-state index in [0.717, 1.165) is 88.8 Å². The molecule has 0 amide bonds. The fourth-order valence-electron chi connectivity index (χ4n) is 8.34. The number of nitrogens with zero attached hydrogens (tertiary/aromatic N) is 1. The molecule has 0 N–H and O–H groups in total. The predicted molar refractivity (Wildman–Crippen MR) is 229 cm³/mol.